The molecule has 2 heterocycles. The maximum absolute atomic E-state index is 11.9. The fourth-order valence-electron chi connectivity index (χ4n) is 5.15. The van der Waals surface area contributed by atoms with E-state index in [1.165, 1.54) is 12.1 Å². The average Bonchev–Trinajstić information content (AvgIpc) is 3.37. The first-order chi connectivity index (χ1) is 22.2. The number of halogens is 6. The molecule has 5 rings (SSSR count). The van der Waals surface area contributed by atoms with Gasteiger partial charge >= 0.3 is 18.1 Å². The van der Waals surface area contributed by atoms with Gasteiger partial charge in [0.1, 0.15) is 47.4 Å². The number of carboxylic acids is 2. The Balaban J connectivity index is 0.000000644. The Morgan fingerprint density at radius 3 is 2.26 bits per heavy atom. The number of benzene rings is 3. The van der Waals surface area contributed by atoms with Crippen LogP contribution in [0.4, 0.5) is 13.2 Å². The molecule has 1 spiro atoms. The molecule has 0 saturated carbocycles. The van der Waals surface area contributed by atoms with Crippen molar-refractivity contribution in [1.82, 2.24) is 4.90 Å². The smallest absolute Gasteiger partial charge is 0.490 e. The minimum atomic E-state index is -5.08. The van der Waals surface area contributed by atoms with Crippen molar-refractivity contribution >= 4 is 46.7 Å². The van der Waals surface area contributed by atoms with Gasteiger partial charge in [-0.25, -0.2) is 9.59 Å². The third-order valence-electron chi connectivity index (χ3n) is 7.57. The minimum Gasteiger partial charge on any atom is -0.497 e. The molecular weight excluding hydrogens is 690 g/mol. The van der Waals surface area contributed by atoms with Gasteiger partial charge in [-0.2, -0.15) is 13.2 Å². The lowest BCUT2D eigenvalue weighted by atomic mass is 9.87. The highest BCUT2D eigenvalue weighted by Gasteiger charge is 2.42. The molecule has 254 valence electrons. The first kappa shape index (κ1) is 36.3. The molecule has 9 nitrogen and oxygen atoms in total. The number of carboxylic acid groups (broad SMARTS) is 2. The Kier molecular flexibility index (Phi) is 12.0. The Hall–Kier alpha value is -3.58. The van der Waals surface area contributed by atoms with E-state index in [0.717, 1.165) is 60.0 Å². The zero-order chi connectivity index (χ0) is 34.4. The topological polar surface area (TPSA) is 115 Å². The lowest BCUT2D eigenvalue weighted by Crippen LogP contribution is -2.49. The summed E-state index contributed by atoms with van der Waals surface area (Å²) in [6, 6.07) is 16.1. The van der Waals surface area contributed by atoms with Crippen LogP contribution in [0.1, 0.15) is 34.3 Å². The minimum absolute atomic E-state index is 0.0522. The number of hydrogen-bond donors (Lipinski definition) is 2. The second-order valence-corrected chi connectivity index (χ2v) is 12.4. The van der Waals surface area contributed by atoms with E-state index in [-0.39, 0.29) is 40.5 Å². The monoisotopic (exact) mass is 719 g/mol. The van der Waals surface area contributed by atoms with E-state index in [9.17, 15) is 23.1 Å². The first-order valence-electron chi connectivity index (χ1n) is 14.3. The molecule has 3 aromatic carbocycles. The van der Waals surface area contributed by atoms with Gasteiger partial charge in [0.25, 0.3) is 0 Å². The van der Waals surface area contributed by atoms with Crippen LogP contribution in [0.3, 0.4) is 0 Å². The lowest BCUT2D eigenvalue weighted by Gasteiger charge is -2.39. The summed E-state index contributed by atoms with van der Waals surface area (Å²) in [5, 5.41) is 17.4. The molecule has 1 saturated heterocycles. The van der Waals surface area contributed by atoms with E-state index < -0.39 is 18.1 Å². The predicted molar refractivity (Wildman–Crippen MR) is 169 cm³/mol. The highest BCUT2D eigenvalue weighted by molar-refractivity contribution is 6.32. The quantitative estimate of drug-likeness (QED) is 0.207. The third kappa shape index (κ3) is 9.96. The van der Waals surface area contributed by atoms with E-state index >= 15 is 0 Å². The van der Waals surface area contributed by atoms with Crippen molar-refractivity contribution in [2.75, 3.05) is 33.4 Å². The number of aromatic carboxylic acids is 1. The number of methoxy groups -OCH3 is 1. The molecule has 1 unspecified atom stereocenters. The summed E-state index contributed by atoms with van der Waals surface area (Å²) in [5.41, 5.74) is 1.82. The van der Waals surface area contributed by atoms with Crippen molar-refractivity contribution in [3.05, 3.63) is 81.3 Å². The standard InChI is InChI=1S/C30H30Cl3NO6.C2HF3O2/c1-37-23-5-2-19(3-6-23)17-38-28-14-27(24(29(35)36)13-25(28)33)39-18-22(32)16-34-10-8-30(9-11-34)15-20-12-21(31)4-7-26(20)40-30;3-2(4,5)1(6)7/h2-7,12-14,22H,8-11,15-18H2,1H3,(H,35,36);(H,6,7). The number of rotatable bonds is 10. The molecular formula is C32H31Cl3F3NO8. The van der Waals surface area contributed by atoms with Crippen molar-refractivity contribution in [3.8, 4) is 23.0 Å². The fraction of sp³-hybridized carbons (Fsp3) is 0.375. The number of hydrogen-bond acceptors (Lipinski definition) is 7. The van der Waals surface area contributed by atoms with E-state index in [4.69, 9.17) is 63.7 Å². The summed E-state index contributed by atoms with van der Waals surface area (Å²) in [7, 11) is 1.60. The fourth-order valence-corrected chi connectivity index (χ4v) is 5.82. The Morgan fingerprint density at radius 2 is 1.66 bits per heavy atom. The van der Waals surface area contributed by atoms with E-state index in [0.29, 0.717) is 12.3 Å². The highest BCUT2D eigenvalue weighted by atomic mass is 35.5. The summed E-state index contributed by atoms with van der Waals surface area (Å²) in [4.78, 5) is 23.0. The van der Waals surface area contributed by atoms with Gasteiger partial charge in [0.15, 0.2) is 0 Å². The number of piperidine rings is 1. The van der Waals surface area contributed by atoms with Crippen molar-refractivity contribution in [2.24, 2.45) is 0 Å². The maximum Gasteiger partial charge on any atom is 0.490 e. The molecule has 0 amide bonds. The third-order valence-corrected chi connectivity index (χ3v) is 8.36. The normalized spacial score (nSPS) is 15.9. The molecule has 0 bridgehead atoms. The maximum atomic E-state index is 11.9. The van der Waals surface area contributed by atoms with Crippen LogP contribution in [-0.2, 0) is 17.8 Å². The number of ether oxygens (including phenoxy) is 4. The number of aliphatic carboxylic acids is 1. The van der Waals surface area contributed by atoms with Gasteiger partial charge in [-0.1, -0.05) is 35.3 Å². The summed E-state index contributed by atoms with van der Waals surface area (Å²) < 4.78 is 55.0. The number of nitrogens with zero attached hydrogens (tertiary/aromatic N) is 1. The van der Waals surface area contributed by atoms with Crippen LogP contribution in [0.5, 0.6) is 23.0 Å². The van der Waals surface area contributed by atoms with Gasteiger partial charge in [0.05, 0.1) is 17.5 Å². The van der Waals surface area contributed by atoms with Crippen molar-refractivity contribution in [1.29, 1.82) is 0 Å². The SMILES string of the molecule is COc1ccc(COc2cc(OCC(Cl)CN3CCC4(CC3)Cc3cc(Cl)ccc3O4)c(C(=O)O)cc2Cl)cc1.O=C(O)C(F)(F)F. The number of likely N-dealkylation sites (tertiary alicyclic amines) is 1. The molecule has 3 aromatic rings. The molecule has 2 aliphatic rings. The van der Waals surface area contributed by atoms with E-state index in [1.807, 2.05) is 42.5 Å². The van der Waals surface area contributed by atoms with Crippen LogP contribution in [0.2, 0.25) is 10.0 Å². The number of carbonyl (C=O) groups is 2. The zero-order valence-corrected chi connectivity index (χ0v) is 27.3. The Bertz CT molecular complexity index is 1560. The average molecular weight is 721 g/mol. The van der Waals surface area contributed by atoms with Crippen LogP contribution < -0.4 is 18.9 Å². The van der Waals surface area contributed by atoms with Crippen LogP contribution in [-0.4, -0.2) is 77.6 Å². The van der Waals surface area contributed by atoms with Crippen LogP contribution >= 0.6 is 34.8 Å². The van der Waals surface area contributed by atoms with Gasteiger partial charge in [0.2, 0.25) is 0 Å². The summed E-state index contributed by atoms with van der Waals surface area (Å²) >= 11 is 19.1. The van der Waals surface area contributed by atoms with Gasteiger partial charge in [0, 0.05) is 50.0 Å². The molecule has 2 N–H and O–H groups in total. The van der Waals surface area contributed by atoms with E-state index in [1.54, 1.807) is 7.11 Å². The van der Waals surface area contributed by atoms with Crippen LogP contribution in [0.15, 0.2) is 54.6 Å². The summed E-state index contributed by atoms with van der Waals surface area (Å²) in [5.74, 6) is -1.77. The van der Waals surface area contributed by atoms with Gasteiger partial charge in [-0.05, 0) is 47.5 Å². The Morgan fingerprint density at radius 1 is 1.00 bits per heavy atom. The Labute approximate surface area is 283 Å². The molecule has 47 heavy (non-hydrogen) atoms. The van der Waals surface area contributed by atoms with E-state index in [2.05, 4.69) is 4.90 Å². The molecule has 1 atom stereocenters. The van der Waals surface area contributed by atoms with Crippen molar-refractivity contribution in [3.63, 3.8) is 0 Å². The number of fused-ring (bicyclic) bond motifs is 1. The largest absolute Gasteiger partial charge is 0.497 e. The first-order valence-corrected chi connectivity index (χ1v) is 15.5. The second kappa shape index (κ2) is 15.5. The number of alkyl halides is 4. The van der Waals surface area contributed by atoms with Crippen LogP contribution in [0, 0.1) is 0 Å². The van der Waals surface area contributed by atoms with Gasteiger partial charge < -0.3 is 34.1 Å². The molecule has 1 fully saturated rings. The van der Waals surface area contributed by atoms with Crippen LogP contribution in [0.25, 0.3) is 0 Å². The molecule has 0 aliphatic carbocycles. The lowest BCUT2D eigenvalue weighted by molar-refractivity contribution is -0.192. The summed E-state index contributed by atoms with van der Waals surface area (Å²) in [6.07, 6.45) is -2.44. The highest BCUT2D eigenvalue weighted by Crippen LogP contribution is 2.42. The second-order valence-electron chi connectivity index (χ2n) is 10.9. The molecule has 0 radical (unpaired) electrons. The van der Waals surface area contributed by atoms with Crippen molar-refractivity contribution < 1.29 is 51.9 Å². The predicted octanol–water partition coefficient (Wildman–Crippen LogP) is 7.37. The van der Waals surface area contributed by atoms with Crippen molar-refractivity contribution in [2.45, 2.75) is 43.0 Å². The van der Waals surface area contributed by atoms with Gasteiger partial charge in [-0.15, -0.1) is 11.6 Å². The van der Waals surface area contributed by atoms with Gasteiger partial charge in [-0.3, -0.25) is 0 Å². The summed E-state index contributed by atoms with van der Waals surface area (Å²) in [6.45, 7) is 2.66. The molecule has 15 heteroatoms. The molecule has 0 aromatic heterocycles. The zero-order valence-electron chi connectivity index (χ0n) is 25.0. The molecule has 2 aliphatic heterocycles.